The number of rotatable bonds is 4. The molecule has 1 saturated heterocycles. The van der Waals surface area contributed by atoms with Crippen LogP contribution in [0.2, 0.25) is 0 Å². The standard InChI is InChI=1S/C18H21F3N4O2/c1-12-15(13(2)27-23-12)4-6-17(26)25-9-7-24(8-10-25)16-5-3-14(11-22-16)18(19,20)21/h3,5,11H,4,6-10H2,1-2H3/p+1. The maximum atomic E-state index is 12.6. The summed E-state index contributed by atoms with van der Waals surface area (Å²) < 4.78 is 43.0. The Kier molecular flexibility index (Phi) is 5.38. The Morgan fingerprint density at radius 1 is 1.22 bits per heavy atom. The molecule has 1 aliphatic heterocycles. The Hall–Kier alpha value is -2.58. The summed E-state index contributed by atoms with van der Waals surface area (Å²) in [6, 6.07) is 2.49. The Bertz CT molecular complexity index is 774. The third kappa shape index (κ3) is 4.40. The molecule has 6 nitrogen and oxygen atoms in total. The average Bonchev–Trinajstić information content (AvgIpc) is 2.97. The first-order valence-corrected chi connectivity index (χ1v) is 8.79. The van der Waals surface area contributed by atoms with Gasteiger partial charge < -0.3 is 9.42 Å². The molecule has 0 unspecified atom stereocenters. The highest BCUT2D eigenvalue weighted by Crippen LogP contribution is 2.28. The zero-order valence-electron chi connectivity index (χ0n) is 15.3. The van der Waals surface area contributed by atoms with Crippen LogP contribution in [0.25, 0.3) is 0 Å². The van der Waals surface area contributed by atoms with Crippen LogP contribution in [-0.4, -0.2) is 42.1 Å². The second kappa shape index (κ2) is 7.58. The van der Waals surface area contributed by atoms with E-state index in [1.165, 1.54) is 6.07 Å². The molecule has 0 saturated carbocycles. The number of amides is 1. The Balaban J connectivity index is 1.52. The molecule has 1 fully saturated rings. The van der Waals surface area contributed by atoms with Crippen molar-refractivity contribution in [2.24, 2.45) is 0 Å². The Morgan fingerprint density at radius 3 is 2.44 bits per heavy atom. The molecule has 1 aliphatic rings. The topological polar surface area (TPSA) is 63.7 Å². The SMILES string of the molecule is Cc1noc(C)c1CCC(=O)N1CCN(c2ccc(C(F)(F)F)c[nH+]2)CC1. The number of aromatic amines is 1. The molecule has 3 heterocycles. The minimum absolute atomic E-state index is 0.0612. The molecule has 0 aliphatic carbocycles. The molecule has 0 bridgehead atoms. The number of nitrogens with one attached hydrogen (secondary N) is 1. The number of hydrogen-bond acceptors (Lipinski definition) is 4. The van der Waals surface area contributed by atoms with Crippen LogP contribution < -0.4 is 9.88 Å². The monoisotopic (exact) mass is 383 g/mol. The first-order valence-electron chi connectivity index (χ1n) is 8.79. The van der Waals surface area contributed by atoms with Crippen LogP contribution in [0.4, 0.5) is 19.0 Å². The van der Waals surface area contributed by atoms with Gasteiger partial charge in [-0.25, -0.2) is 4.98 Å². The van der Waals surface area contributed by atoms with E-state index in [0.717, 1.165) is 29.3 Å². The first-order chi connectivity index (χ1) is 12.8. The Labute approximate surface area is 154 Å². The van der Waals surface area contributed by atoms with Gasteiger partial charge in [-0.05, 0) is 26.3 Å². The number of piperazine rings is 1. The van der Waals surface area contributed by atoms with Gasteiger partial charge in [0.15, 0.2) is 0 Å². The van der Waals surface area contributed by atoms with E-state index < -0.39 is 11.7 Å². The van der Waals surface area contributed by atoms with Crippen molar-refractivity contribution in [1.82, 2.24) is 10.1 Å². The van der Waals surface area contributed by atoms with Crippen molar-refractivity contribution in [2.45, 2.75) is 32.9 Å². The number of pyridine rings is 1. The van der Waals surface area contributed by atoms with E-state index in [1.54, 1.807) is 4.90 Å². The molecule has 3 rings (SSSR count). The van der Waals surface area contributed by atoms with Gasteiger partial charge in [-0.15, -0.1) is 0 Å². The maximum Gasteiger partial charge on any atom is 0.419 e. The molecule has 0 spiro atoms. The number of H-pyrrole nitrogens is 1. The molecule has 27 heavy (non-hydrogen) atoms. The van der Waals surface area contributed by atoms with E-state index in [9.17, 15) is 18.0 Å². The maximum absolute atomic E-state index is 12.6. The van der Waals surface area contributed by atoms with E-state index in [0.29, 0.717) is 44.8 Å². The molecule has 1 N–H and O–H groups in total. The van der Waals surface area contributed by atoms with Crippen LogP contribution >= 0.6 is 0 Å². The molecular formula is C18H22F3N4O2+. The van der Waals surface area contributed by atoms with Crippen molar-refractivity contribution in [3.63, 3.8) is 0 Å². The van der Waals surface area contributed by atoms with E-state index in [1.807, 2.05) is 18.7 Å². The normalized spacial score (nSPS) is 15.3. The molecule has 1 amide bonds. The van der Waals surface area contributed by atoms with Gasteiger partial charge in [0, 0.05) is 18.1 Å². The predicted molar refractivity (Wildman–Crippen MR) is 91.1 cm³/mol. The quantitative estimate of drug-likeness (QED) is 0.813. The smallest absolute Gasteiger partial charge is 0.361 e. The lowest BCUT2D eigenvalue weighted by atomic mass is 10.1. The fourth-order valence-corrected chi connectivity index (χ4v) is 3.24. The minimum atomic E-state index is -4.36. The Morgan fingerprint density at radius 2 is 1.93 bits per heavy atom. The fourth-order valence-electron chi connectivity index (χ4n) is 3.24. The molecule has 2 aromatic heterocycles. The second-order valence-electron chi connectivity index (χ2n) is 6.63. The number of hydrogen-bond donors (Lipinski definition) is 0. The van der Waals surface area contributed by atoms with E-state index in [-0.39, 0.29) is 5.91 Å². The van der Waals surface area contributed by atoms with Gasteiger partial charge in [0.2, 0.25) is 5.91 Å². The molecule has 146 valence electrons. The van der Waals surface area contributed by atoms with Crippen molar-refractivity contribution in [1.29, 1.82) is 0 Å². The number of carbonyl (C=O) groups excluding carboxylic acids is 1. The summed E-state index contributed by atoms with van der Waals surface area (Å²) in [6.07, 6.45) is -2.42. The largest absolute Gasteiger partial charge is 0.419 e. The van der Waals surface area contributed by atoms with Crippen LogP contribution in [0.5, 0.6) is 0 Å². The lowest BCUT2D eigenvalue weighted by molar-refractivity contribution is -0.367. The third-order valence-corrected chi connectivity index (χ3v) is 4.87. The highest BCUT2D eigenvalue weighted by atomic mass is 19.4. The summed E-state index contributed by atoms with van der Waals surface area (Å²) in [7, 11) is 0. The van der Waals surface area contributed by atoms with Crippen molar-refractivity contribution in [3.05, 3.63) is 40.9 Å². The lowest BCUT2D eigenvalue weighted by Crippen LogP contribution is -2.50. The van der Waals surface area contributed by atoms with Gasteiger partial charge in [-0.2, -0.15) is 13.2 Å². The fraction of sp³-hybridized carbons (Fsp3) is 0.500. The number of nitrogens with zero attached hydrogens (tertiary/aromatic N) is 3. The van der Waals surface area contributed by atoms with Crippen molar-refractivity contribution in [2.75, 3.05) is 31.1 Å². The number of aryl methyl sites for hydroxylation is 2. The summed E-state index contributed by atoms with van der Waals surface area (Å²) in [6.45, 7) is 5.90. The van der Waals surface area contributed by atoms with Crippen LogP contribution in [0.1, 0.15) is 29.0 Å². The molecular weight excluding hydrogens is 361 g/mol. The lowest BCUT2D eigenvalue weighted by Gasteiger charge is -2.31. The number of halogens is 3. The highest BCUT2D eigenvalue weighted by Gasteiger charge is 2.33. The summed E-state index contributed by atoms with van der Waals surface area (Å²) in [5.41, 5.74) is 1.07. The van der Waals surface area contributed by atoms with E-state index in [4.69, 9.17) is 4.52 Å². The van der Waals surface area contributed by atoms with Crippen LogP contribution in [0, 0.1) is 13.8 Å². The minimum Gasteiger partial charge on any atom is -0.361 e. The second-order valence-corrected chi connectivity index (χ2v) is 6.63. The van der Waals surface area contributed by atoms with Crippen LogP contribution in [0.3, 0.4) is 0 Å². The number of anilines is 1. The van der Waals surface area contributed by atoms with Crippen LogP contribution in [0.15, 0.2) is 22.9 Å². The van der Waals surface area contributed by atoms with Crippen molar-refractivity contribution in [3.8, 4) is 0 Å². The van der Waals surface area contributed by atoms with Crippen molar-refractivity contribution >= 4 is 11.7 Å². The first kappa shape index (κ1) is 19.2. The number of carbonyl (C=O) groups is 1. The zero-order chi connectivity index (χ0) is 19.6. The number of aromatic nitrogens is 2. The summed E-state index contributed by atoms with van der Waals surface area (Å²) in [4.78, 5) is 18.9. The third-order valence-electron chi connectivity index (χ3n) is 4.87. The van der Waals surface area contributed by atoms with Gasteiger partial charge in [0.1, 0.15) is 25.0 Å². The van der Waals surface area contributed by atoms with Gasteiger partial charge in [0.25, 0.3) is 5.82 Å². The highest BCUT2D eigenvalue weighted by molar-refractivity contribution is 5.76. The van der Waals surface area contributed by atoms with Gasteiger partial charge in [-0.3, -0.25) is 9.69 Å². The molecule has 2 aromatic rings. The summed E-state index contributed by atoms with van der Waals surface area (Å²) in [5.74, 6) is 1.42. The molecule has 0 atom stereocenters. The molecule has 0 radical (unpaired) electrons. The van der Waals surface area contributed by atoms with E-state index >= 15 is 0 Å². The van der Waals surface area contributed by atoms with Gasteiger partial charge >= 0.3 is 6.18 Å². The molecule has 9 heteroatoms. The van der Waals surface area contributed by atoms with Gasteiger partial charge in [-0.1, -0.05) is 5.16 Å². The van der Waals surface area contributed by atoms with Gasteiger partial charge in [0.05, 0.1) is 24.3 Å². The predicted octanol–water partition coefficient (Wildman–Crippen LogP) is 2.41. The van der Waals surface area contributed by atoms with Crippen molar-refractivity contribution < 1.29 is 27.5 Å². The summed E-state index contributed by atoms with van der Waals surface area (Å²) >= 11 is 0. The van der Waals surface area contributed by atoms with Crippen LogP contribution in [-0.2, 0) is 17.4 Å². The molecule has 0 aromatic carbocycles. The average molecular weight is 383 g/mol. The number of alkyl halides is 3. The van der Waals surface area contributed by atoms with E-state index in [2.05, 4.69) is 10.1 Å². The zero-order valence-corrected chi connectivity index (χ0v) is 15.3. The summed E-state index contributed by atoms with van der Waals surface area (Å²) in [5, 5.41) is 3.89.